The van der Waals surface area contributed by atoms with Crippen molar-refractivity contribution < 1.29 is 19.4 Å². The molecule has 2 aromatic carbocycles. The van der Waals surface area contributed by atoms with Crippen LogP contribution in [0.15, 0.2) is 67.0 Å². The second-order valence-corrected chi connectivity index (χ2v) is 7.15. The lowest BCUT2D eigenvalue weighted by atomic mass is 9.98. The molecule has 5 rings (SSSR count). The van der Waals surface area contributed by atoms with Gasteiger partial charge in [0.15, 0.2) is 5.60 Å². The maximum absolute atomic E-state index is 12.9. The molecule has 3 heterocycles. The number of aromatic nitrogens is 1. The molecule has 1 unspecified atom stereocenters. The Morgan fingerprint density at radius 2 is 1.76 bits per heavy atom. The number of rotatable bonds is 2. The van der Waals surface area contributed by atoms with Crippen molar-refractivity contribution in [2.45, 2.75) is 12.5 Å². The van der Waals surface area contributed by atoms with E-state index in [4.69, 9.17) is 4.74 Å². The number of amides is 1. The summed E-state index contributed by atoms with van der Waals surface area (Å²) in [5.74, 6) is -0.400. The van der Waals surface area contributed by atoms with Crippen LogP contribution in [-0.4, -0.2) is 22.0 Å². The summed E-state index contributed by atoms with van der Waals surface area (Å²) in [6.07, 6.45) is 4.90. The Hall–Kier alpha value is -3.77. The molecule has 2 aliphatic rings. The zero-order valence-electron chi connectivity index (χ0n) is 15.5. The van der Waals surface area contributed by atoms with E-state index in [1.54, 1.807) is 54.9 Å². The van der Waals surface area contributed by atoms with Crippen LogP contribution in [0.3, 0.4) is 0 Å². The molecular weight excluding hydrogens is 368 g/mol. The Morgan fingerprint density at radius 1 is 1.03 bits per heavy atom. The van der Waals surface area contributed by atoms with Crippen molar-refractivity contribution >= 4 is 35.1 Å². The molecule has 2 aliphatic heterocycles. The summed E-state index contributed by atoms with van der Waals surface area (Å²) in [5.41, 5.74) is 1.98. The zero-order valence-corrected chi connectivity index (χ0v) is 15.5. The number of carbonyl (C=O) groups is 2. The first-order valence-electron chi connectivity index (χ1n) is 9.11. The number of esters is 1. The first-order valence-corrected chi connectivity index (χ1v) is 9.11. The molecule has 0 radical (unpaired) electrons. The second-order valence-electron chi connectivity index (χ2n) is 7.15. The van der Waals surface area contributed by atoms with Crippen LogP contribution in [0.5, 0.6) is 0 Å². The van der Waals surface area contributed by atoms with Crippen LogP contribution in [0.2, 0.25) is 0 Å². The van der Waals surface area contributed by atoms with E-state index in [9.17, 15) is 14.7 Å². The number of para-hydroxylation sites is 1. The van der Waals surface area contributed by atoms with Gasteiger partial charge in [-0.3, -0.25) is 14.7 Å². The monoisotopic (exact) mass is 384 g/mol. The van der Waals surface area contributed by atoms with Gasteiger partial charge in [-0.2, -0.15) is 0 Å². The normalized spacial score (nSPS) is 21.3. The lowest BCUT2D eigenvalue weighted by molar-refractivity contribution is -0.133. The molecule has 1 amide bonds. The largest absolute Gasteiger partial charge is 0.422 e. The lowest BCUT2D eigenvalue weighted by Crippen LogP contribution is -2.35. The molecule has 6 nitrogen and oxygen atoms in total. The van der Waals surface area contributed by atoms with E-state index in [1.165, 1.54) is 11.8 Å². The summed E-state index contributed by atoms with van der Waals surface area (Å²) in [4.78, 5) is 30.6. The Balaban J connectivity index is 1.57. The summed E-state index contributed by atoms with van der Waals surface area (Å²) in [7, 11) is 0. The van der Waals surface area contributed by atoms with Crippen molar-refractivity contribution in [2.75, 3.05) is 4.90 Å². The van der Waals surface area contributed by atoms with E-state index >= 15 is 0 Å². The van der Waals surface area contributed by atoms with Crippen LogP contribution in [0.1, 0.15) is 34.0 Å². The zero-order chi connectivity index (χ0) is 20.2. The minimum absolute atomic E-state index is 0.393. The molecule has 0 saturated carbocycles. The number of anilines is 2. The van der Waals surface area contributed by atoms with E-state index in [-0.39, 0.29) is 0 Å². The van der Waals surface area contributed by atoms with E-state index in [0.29, 0.717) is 39.4 Å². The van der Waals surface area contributed by atoms with Crippen LogP contribution in [0.4, 0.5) is 11.4 Å². The smallest absolute Gasteiger partial charge is 0.344 e. The first kappa shape index (κ1) is 17.3. The van der Waals surface area contributed by atoms with Crippen molar-refractivity contribution in [3.63, 3.8) is 0 Å². The van der Waals surface area contributed by atoms with Gasteiger partial charge in [0, 0.05) is 17.3 Å². The van der Waals surface area contributed by atoms with Gasteiger partial charge in [0.1, 0.15) is 5.76 Å². The molecule has 0 bridgehead atoms. The van der Waals surface area contributed by atoms with Crippen molar-refractivity contribution in [2.24, 2.45) is 0 Å². The highest BCUT2D eigenvalue weighted by Gasteiger charge is 2.46. The minimum atomic E-state index is -1.61. The molecule has 0 spiro atoms. The maximum Gasteiger partial charge on any atom is 0.344 e. The van der Waals surface area contributed by atoms with Crippen molar-refractivity contribution in [1.29, 1.82) is 0 Å². The standard InChI is InChI=1S/C23H16N2O4/c1-23(28)18-8-4-5-9-19(18)25(22(23)27)15-10-14(12-24-13-15)11-20-16-6-2-3-7-17(16)21(26)29-20/h2-13,28H,1H3/b20-11-. The number of hydrogen-bond acceptors (Lipinski definition) is 5. The number of benzene rings is 2. The number of carbonyl (C=O) groups excluding carboxylic acids is 2. The van der Waals surface area contributed by atoms with E-state index in [0.717, 1.165) is 0 Å². The quantitative estimate of drug-likeness (QED) is 0.683. The molecule has 142 valence electrons. The average molecular weight is 384 g/mol. The van der Waals surface area contributed by atoms with E-state index in [2.05, 4.69) is 4.98 Å². The van der Waals surface area contributed by atoms with Gasteiger partial charge in [-0.05, 0) is 36.8 Å². The van der Waals surface area contributed by atoms with Crippen molar-refractivity contribution in [3.8, 4) is 0 Å². The van der Waals surface area contributed by atoms with Gasteiger partial charge < -0.3 is 9.84 Å². The number of cyclic esters (lactones) is 1. The Morgan fingerprint density at radius 3 is 2.59 bits per heavy atom. The predicted molar refractivity (Wildman–Crippen MR) is 107 cm³/mol. The highest BCUT2D eigenvalue weighted by atomic mass is 16.5. The van der Waals surface area contributed by atoms with Gasteiger partial charge in [0.2, 0.25) is 0 Å². The number of pyridine rings is 1. The summed E-state index contributed by atoms with van der Waals surface area (Å²) in [6.45, 7) is 1.49. The minimum Gasteiger partial charge on any atom is -0.422 e. The number of fused-ring (bicyclic) bond motifs is 2. The SMILES string of the molecule is CC1(O)C(=O)N(c2cncc(/C=C3\OC(=O)c4ccccc43)c2)c2ccccc21. The van der Waals surface area contributed by atoms with Crippen molar-refractivity contribution in [3.05, 3.63) is 89.2 Å². The first-order chi connectivity index (χ1) is 14.0. The maximum atomic E-state index is 12.9. The number of nitrogens with zero attached hydrogens (tertiary/aromatic N) is 2. The summed E-state index contributed by atoms with van der Waals surface area (Å²) < 4.78 is 5.39. The predicted octanol–water partition coefficient (Wildman–Crippen LogP) is 3.64. The molecule has 1 aromatic heterocycles. The summed E-state index contributed by atoms with van der Waals surface area (Å²) in [6, 6.07) is 16.1. The third-order valence-corrected chi connectivity index (χ3v) is 5.20. The second kappa shape index (κ2) is 6.12. The Kier molecular flexibility index (Phi) is 3.66. The van der Waals surface area contributed by atoms with Gasteiger partial charge >= 0.3 is 5.97 Å². The Labute approximate surface area is 166 Å². The number of hydrogen-bond donors (Lipinski definition) is 1. The molecule has 0 saturated heterocycles. The summed E-state index contributed by atoms with van der Waals surface area (Å²) >= 11 is 0. The molecule has 1 N–H and O–H groups in total. The third kappa shape index (κ3) is 2.57. The molecule has 1 atom stereocenters. The van der Waals surface area contributed by atoms with Gasteiger partial charge in [-0.15, -0.1) is 0 Å². The molecular formula is C23H16N2O4. The highest BCUT2D eigenvalue weighted by Crippen LogP contribution is 2.44. The number of ether oxygens (including phenoxy) is 1. The fourth-order valence-corrected chi connectivity index (χ4v) is 3.77. The van der Waals surface area contributed by atoms with Gasteiger partial charge in [0.25, 0.3) is 5.91 Å². The average Bonchev–Trinajstić information content (AvgIpc) is 3.14. The van der Waals surface area contributed by atoms with Crippen LogP contribution >= 0.6 is 0 Å². The van der Waals surface area contributed by atoms with Gasteiger partial charge in [-0.1, -0.05) is 36.4 Å². The molecule has 29 heavy (non-hydrogen) atoms. The molecule has 3 aromatic rings. The molecule has 0 aliphatic carbocycles. The van der Waals surface area contributed by atoms with Crippen LogP contribution < -0.4 is 4.90 Å². The lowest BCUT2D eigenvalue weighted by Gasteiger charge is -2.19. The van der Waals surface area contributed by atoms with Gasteiger partial charge in [-0.25, -0.2) is 4.79 Å². The van der Waals surface area contributed by atoms with E-state index < -0.39 is 17.5 Å². The van der Waals surface area contributed by atoms with Crippen molar-refractivity contribution in [1.82, 2.24) is 4.98 Å². The van der Waals surface area contributed by atoms with Crippen LogP contribution in [0.25, 0.3) is 11.8 Å². The Bertz CT molecular complexity index is 1210. The topological polar surface area (TPSA) is 79.7 Å². The van der Waals surface area contributed by atoms with Crippen LogP contribution in [-0.2, 0) is 15.1 Å². The molecule has 6 heteroatoms. The third-order valence-electron chi connectivity index (χ3n) is 5.20. The van der Waals surface area contributed by atoms with Gasteiger partial charge in [0.05, 0.1) is 23.1 Å². The summed E-state index contributed by atoms with van der Waals surface area (Å²) in [5, 5.41) is 10.7. The molecule has 0 fully saturated rings. The van der Waals surface area contributed by atoms with E-state index in [1.807, 2.05) is 18.2 Å². The number of aliphatic hydroxyl groups is 1. The van der Waals surface area contributed by atoms with Crippen LogP contribution in [0, 0.1) is 0 Å². The highest BCUT2D eigenvalue weighted by molar-refractivity contribution is 6.12. The fourth-order valence-electron chi connectivity index (χ4n) is 3.77. The fraction of sp³-hybridized carbons (Fsp3) is 0.0870.